The lowest BCUT2D eigenvalue weighted by atomic mass is 10.0. The molecule has 0 aromatic rings. The van der Waals surface area contributed by atoms with Crippen molar-refractivity contribution in [3.05, 3.63) is 0 Å². The maximum absolute atomic E-state index is 12.2. The summed E-state index contributed by atoms with van der Waals surface area (Å²) in [6.07, 6.45) is 8.62. The second kappa shape index (κ2) is 7.18. The number of rotatable bonds is 4. The third-order valence-electron chi connectivity index (χ3n) is 5.38. The number of nitrogens with two attached hydrogens (primary N) is 1. The van der Waals surface area contributed by atoms with Crippen LogP contribution in [0.1, 0.15) is 51.4 Å². The molecule has 0 atom stereocenters. The molecule has 0 aromatic heterocycles. The molecule has 2 aliphatic carbocycles. The fourth-order valence-electron chi connectivity index (χ4n) is 3.61. The Morgan fingerprint density at radius 3 is 2.09 bits per heavy atom. The highest BCUT2D eigenvalue weighted by atomic mass is 35.5. The zero-order valence-electron chi connectivity index (χ0n) is 13.3. The summed E-state index contributed by atoms with van der Waals surface area (Å²) in [5.74, 6) is 1.12. The van der Waals surface area contributed by atoms with Crippen LogP contribution in [0.4, 0.5) is 0 Å². The smallest absolute Gasteiger partial charge is 0.242 e. The highest BCUT2D eigenvalue weighted by molar-refractivity contribution is 5.89. The van der Waals surface area contributed by atoms with Crippen molar-refractivity contribution in [1.29, 1.82) is 0 Å². The fraction of sp³-hybridized carbons (Fsp3) is 0.875. The zero-order chi connectivity index (χ0) is 14.9. The minimum absolute atomic E-state index is 0. The van der Waals surface area contributed by atoms with E-state index >= 15 is 0 Å². The summed E-state index contributed by atoms with van der Waals surface area (Å²) in [5.41, 5.74) is 5.39. The van der Waals surface area contributed by atoms with Crippen LogP contribution in [0.3, 0.4) is 0 Å². The van der Waals surface area contributed by atoms with Gasteiger partial charge in [0.2, 0.25) is 11.8 Å². The maximum atomic E-state index is 12.2. The van der Waals surface area contributed by atoms with E-state index in [0.717, 1.165) is 25.2 Å². The first-order valence-electron chi connectivity index (χ1n) is 8.44. The summed E-state index contributed by atoms with van der Waals surface area (Å²) in [6, 6.07) is 0. The van der Waals surface area contributed by atoms with E-state index in [2.05, 4.69) is 0 Å². The Morgan fingerprint density at radius 1 is 1.00 bits per heavy atom. The molecule has 3 aliphatic rings. The largest absolute Gasteiger partial charge is 0.339 e. The average Bonchev–Trinajstić information content (AvgIpc) is 3.04. The van der Waals surface area contributed by atoms with Crippen molar-refractivity contribution >= 4 is 24.2 Å². The van der Waals surface area contributed by atoms with E-state index in [0.29, 0.717) is 32.6 Å². The number of halogens is 1. The van der Waals surface area contributed by atoms with Crippen LogP contribution >= 0.6 is 12.4 Å². The van der Waals surface area contributed by atoms with Crippen LogP contribution in [-0.4, -0.2) is 53.3 Å². The van der Waals surface area contributed by atoms with E-state index in [9.17, 15) is 9.59 Å². The van der Waals surface area contributed by atoms with Crippen molar-refractivity contribution in [1.82, 2.24) is 9.80 Å². The van der Waals surface area contributed by atoms with E-state index in [1.165, 1.54) is 25.7 Å². The minimum atomic E-state index is -0.575. The minimum Gasteiger partial charge on any atom is -0.339 e. The molecule has 3 fully saturated rings. The molecule has 0 aromatic carbocycles. The molecule has 0 spiro atoms. The Labute approximate surface area is 139 Å². The molecule has 6 heteroatoms. The fourth-order valence-corrected chi connectivity index (χ4v) is 3.61. The van der Waals surface area contributed by atoms with Crippen molar-refractivity contribution < 1.29 is 9.59 Å². The van der Waals surface area contributed by atoms with Gasteiger partial charge in [-0.3, -0.25) is 9.59 Å². The van der Waals surface area contributed by atoms with E-state index < -0.39 is 5.54 Å². The molecule has 3 rings (SSSR count). The third-order valence-corrected chi connectivity index (χ3v) is 5.38. The zero-order valence-corrected chi connectivity index (χ0v) is 14.1. The highest BCUT2D eigenvalue weighted by Gasteiger charge is 2.48. The average molecular weight is 330 g/mol. The van der Waals surface area contributed by atoms with E-state index in [-0.39, 0.29) is 24.2 Å². The first kappa shape index (κ1) is 17.5. The van der Waals surface area contributed by atoms with Gasteiger partial charge in [-0.25, -0.2) is 0 Å². The van der Waals surface area contributed by atoms with Gasteiger partial charge in [0.15, 0.2) is 0 Å². The van der Waals surface area contributed by atoms with E-state index in [1.54, 1.807) is 0 Å². The van der Waals surface area contributed by atoms with Gasteiger partial charge < -0.3 is 15.5 Å². The van der Waals surface area contributed by atoms with Crippen LogP contribution in [0.25, 0.3) is 0 Å². The molecule has 2 amide bonds. The molecule has 22 heavy (non-hydrogen) atoms. The number of hydrogen-bond donors (Lipinski definition) is 1. The predicted octanol–water partition coefficient (Wildman–Crippen LogP) is 1.54. The van der Waals surface area contributed by atoms with Gasteiger partial charge in [0.05, 0.1) is 5.54 Å². The normalized spacial score (nSPS) is 24.0. The second-order valence-corrected chi connectivity index (χ2v) is 7.02. The van der Waals surface area contributed by atoms with Crippen molar-refractivity contribution in [3.63, 3.8) is 0 Å². The summed E-state index contributed by atoms with van der Waals surface area (Å²) < 4.78 is 0. The van der Waals surface area contributed by atoms with Crippen molar-refractivity contribution in [2.24, 2.45) is 11.7 Å². The monoisotopic (exact) mass is 329 g/mol. The summed E-state index contributed by atoms with van der Waals surface area (Å²) in [5, 5.41) is 0. The number of hydrogen-bond acceptors (Lipinski definition) is 3. The number of amides is 2. The highest BCUT2D eigenvalue weighted by Crippen LogP contribution is 2.34. The summed E-state index contributed by atoms with van der Waals surface area (Å²) in [6.45, 7) is 2.64. The molecule has 0 unspecified atom stereocenters. The van der Waals surface area contributed by atoms with Gasteiger partial charge in [-0.15, -0.1) is 12.4 Å². The van der Waals surface area contributed by atoms with Gasteiger partial charge in [0, 0.05) is 32.6 Å². The van der Waals surface area contributed by atoms with Crippen molar-refractivity contribution in [2.45, 2.75) is 56.9 Å². The van der Waals surface area contributed by atoms with Crippen LogP contribution in [-0.2, 0) is 9.59 Å². The molecule has 0 radical (unpaired) electrons. The summed E-state index contributed by atoms with van der Waals surface area (Å²) >= 11 is 0. The molecule has 2 saturated carbocycles. The Hall–Kier alpha value is -0.810. The molecule has 0 bridgehead atoms. The van der Waals surface area contributed by atoms with Gasteiger partial charge >= 0.3 is 0 Å². The number of nitrogens with zero attached hydrogens (tertiary/aromatic N) is 2. The SMILES string of the molecule is Cl.NC1(C(=O)N2CCN(C(=O)CCC3CCCC3)CC2)CC1. The lowest BCUT2D eigenvalue weighted by Gasteiger charge is -2.36. The van der Waals surface area contributed by atoms with Crippen LogP contribution in [0.5, 0.6) is 0 Å². The van der Waals surface area contributed by atoms with Gasteiger partial charge in [0.1, 0.15) is 0 Å². The Bertz CT molecular complexity index is 412. The van der Waals surface area contributed by atoms with Crippen molar-refractivity contribution in [3.8, 4) is 0 Å². The summed E-state index contributed by atoms with van der Waals surface area (Å²) in [4.78, 5) is 28.2. The molecule has 1 saturated heterocycles. The predicted molar refractivity (Wildman–Crippen MR) is 87.8 cm³/mol. The van der Waals surface area contributed by atoms with Gasteiger partial charge in [-0.05, 0) is 25.2 Å². The van der Waals surface area contributed by atoms with Crippen molar-refractivity contribution in [2.75, 3.05) is 26.2 Å². The lowest BCUT2D eigenvalue weighted by molar-refractivity contribution is -0.141. The van der Waals surface area contributed by atoms with Crippen LogP contribution in [0.2, 0.25) is 0 Å². The topological polar surface area (TPSA) is 66.6 Å². The molecular weight excluding hydrogens is 302 g/mol. The molecule has 1 heterocycles. The van der Waals surface area contributed by atoms with E-state index in [4.69, 9.17) is 5.73 Å². The van der Waals surface area contributed by atoms with Gasteiger partial charge in [-0.2, -0.15) is 0 Å². The molecule has 5 nitrogen and oxygen atoms in total. The molecule has 1 aliphatic heterocycles. The quantitative estimate of drug-likeness (QED) is 0.850. The molecule has 2 N–H and O–H groups in total. The first-order valence-corrected chi connectivity index (χ1v) is 8.44. The third kappa shape index (κ3) is 3.93. The van der Waals surface area contributed by atoms with E-state index in [1.807, 2.05) is 9.80 Å². The molecular formula is C16H28ClN3O2. The summed E-state index contributed by atoms with van der Waals surface area (Å²) in [7, 11) is 0. The van der Waals surface area contributed by atoms with Crippen LogP contribution in [0.15, 0.2) is 0 Å². The maximum Gasteiger partial charge on any atom is 0.242 e. The lowest BCUT2D eigenvalue weighted by Crippen LogP contribution is -2.55. The van der Waals surface area contributed by atoms with Crippen LogP contribution in [0, 0.1) is 5.92 Å². The number of piperazine rings is 1. The second-order valence-electron chi connectivity index (χ2n) is 7.02. The van der Waals surface area contributed by atoms with Crippen LogP contribution < -0.4 is 5.73 Å². The first-order chi connectivity index (χ1) is 10.1. The Morgan fingerprint density at radius 2 is 1.55 bits per heavy atom. The number of carbonyl (C=O) groups excluding carboxylic acids is 2. The standard InChI is InChI=1S/C16H27N3O2.ClH/c17-16(7-8-16)15(21)19-11-9-18(10-12-19)14(20)6-5-13-3-1-2-4-13;/h13H,1-12,17H2;1H. The van der Waals surface area contributed by atoms with Gasteiger partial charge in [0.25, 0.3) is 0 Å². The van der Waals surface area contributed by atoms with Gasteiger partial charge in [-0.1, -0.05) is 25.7 Å². The Kier molecular flexibility index (Phi) is 5.72. The Balaban J connectivity index is 0.00000176. The molecule has 126 valence electrons. The number of carbonyl (C=O) groups is 2.